The summed E-state index contributed by atoms with van der Waals surface area (Å²) < 4.78 is 13.4. The first-order valence-electron chi connectivity index (χ1n) is 10.3. The molecule has 1 atom stereocenters. The molecule has 2 aromatic heterocycles. The topological polar surface area (TPSA) is 51.7 Å². The maximum Gasteiger partial charge on any atom is 0.271 e. The molecule has 1 amide bonds. The van der Waals surface area contributed by atoms with Crippen LogP contribution in [0.5, 0.6) is 5.75 Å². The average molecular weight is 473 g/mol. The van der Waals surface area contributed by atoms with Crippen LogP contribution in [0.25, 0.3) is 20.3 Å². The summed E-state index contributed by atoms with van der Waals surface area (Å²) >= 11 is 9.54. The molecule has 1 unspecified atom stereocenters. The highest BCUT2D eigenvalue weighted by molar-refractivity contribution is 7.23. The largest absolute Gasteiger partial charge is 0.494 e. The van der Waals surface area contributed by atoms with Gasteiger partial charge in [-0.2, -0.15) is 0 Å². The van der Waals surface area contributed by atoms with Crippen molar-refractivity contribution in [2.45, 2.75) is 25.9 Å². The normalized spacial score (nSPS) is 16.3. The zero-order chi connectivity index (χ0) is 21.4. The number of thiophene rings is 1. The van der Waals surface area contributed by atoms with Gasteiger partial charge in [0, 0.05) is 16.7 Å². The van der Waals surface area contributed by atoms with E-state index < -0.39 is 0 Å². The molecule has 0 saturated carbocycles. The van der Waals surface area contributed by atoms with Crippen molar-refractivity contribution in [1.82, 2.24) is 4.98 Å². The number of amides is 1. The summed E-state index contributed by atoms with van der Waals surface area (Å²) in [7, 11) is 0. The molecule has 0 N–H and O–H groups in total. The maximum absolute atomic E-state index is 13.7. The lowest BCUT2D eigenvalue weighted by atomic mass is 10.2. The van der Waals surface area contributed by atoms with E-state index in [9.17, 15) is 4.79 Å². The van der Waals surface area contributed by atoms with E-state index in [0.717, 1.165) is 45.5 Å². The van der Waals surface area contributed by atoms with Gasteiger partial charge < -0.3 is 9.47 Å². The third-order valence-electron chi connectivity index (χ3n) is 5.28. The lowest BCUT2D eigenvalue weighted by molar-refractivity contribution is 0.0921. The molecule has 1 aliphatic heterocycles. The predicted octanol–water partition coefficient (Wildman–Crippen LogP) is 6.39. The average Bonchev–Trinajstić information content (AvgIpc) is 3.51. The van der Waals surface area contributed by atoms with Gasteiger partial charge in [-0.25, -0.2) is 4.98 Å². The van der Waals surface area contributed by atoms with E-state index in [0.29, 0.717) is 28.2 Å². The third kappa shape index (κ3) is 4.03. The number of ether oxygens (including phenoxy) is 2. The molecule has 1 saturated heterocycles. The standard InChI is InChI=1S/C23H21ClN2O3S2/c1-2-28-14-9-10-17-19(12-14)31-23(25-17)26(13-15-6-5-11-29-15)22(27)21-20(24)16-7-3-4-8-18(16)30-21/h3-4,7-10,12,15H,2,5-6,11,13H2,1H3. The molecule has 0 spiro atoms. The number of rotatable bonds is 6. The molecule has 1 aliphatic rings. The van der Waals surface area contributed by atoms with Crippen LogP contribution in [0, 0.1) is 0 Å². The van der Waals surface area contributed by atoms with E-state index in [2.05, 4.69) is 0 Å². The van der Waals surface area contributed by atoms with Gasteiger partial charge in [-0.3, -0.25) is 9.69 Å². The van der Waals surface area contributed by atoms with Crippen molar-refractivity contribution in [3.63, 3.8) is 0 Å². The second-order valence-electron chi connectivity index (χ2n) is 7.35. The minimum Gasteiger partial charge on any atom is -0.494 e. The van der Waals surface area contributed by atoms with Gasteiger partial charge in [0.25, 0.3) is 5.91 Å². The van der Waals surface area contributed by atoms with Gasteiger partial charge in [0.15, 0.2) is 5.13 Å². The quantitative estimate of drug-likeness (QED) is 0.326. The summed E-state index contributed by atoms with van der Waals surface area (Å²) in [5.74, 6) is 0.667. The molecular weight excluding hydrogens is 452 g/mol. The summed E-state index contributed by atoms with van der Waals surface area (Å²) in [5.41, 5.74) is 0.844. The monoisotopic (exact) mass is 472 g/mol. The van der Waals surface area contributed by atoms with Gasteiger partial charge in [-0.05, 0) is 44.0 Å². The van der Waals surface area contributed by atoms with Crippen LogP contribution in [-0.2, 0) is 4.74 Å². The molecule has 4 aromatic rings. The summed E-state index contributed by atoms with van der Waals surface area (Å²) in [5, 5.41) is 2.06. The highest BCUT2D eigenvalue weighted by atomic mass is 35.5. The molecule has 1 fully saturated rings. The maximum atomic E-state index is 13.7. The Kier molecular flexibility index (Phi) is 5.84. The Balaban J connectivity index is 1.55. The summed E-state index contributed by atoms with van der Waals surface area (Å²) in [6, 6.07) is 13.6. The zero-order valence-corrected chi connectivity index (χ0v) is 19.4. The van der Waals surface area contributed by atoms with E-state index in [4.69, 9.17) is 26.1 Å². The van der Waals surface area contributed by atoms with Crippen LogP contribution in [0.15, 0.2) is 42.5 Å². The molecule has 3 heterocycles. The number of carbonyl (C=O) groups is 1. The van der Waals surface area contributed by atoms with Crippen LogP contribution in [0.4, 0.5) is 5.13 Å². The molecule has 2 aromatic carbocycles. The van der Waals surface area contributed by atoms with Crippen molar-refractivity contribution in [2.75, 3.05) is 24.7 Å². The first-order chi connectivity index (χ1) is 15.1. The van der Waals surface area contributed by atoms with Crippen LogP contribution >= 0.6 is 34.3 Å². The van der Waals surface area contributed by atoms with Crippen LogP contribution in [-0.4, -0.2) is 36.8 Å². The van der Waals surface area contributed by atoms with E-state index in [1.165, 1.54) is 22.7 Å². The number of benzene rings is 2. The smallest absolute Gasteiger partial charge is 0.271 e. The zero-order valence-electron chi connectivity index (χ0n) is 17.0. The minimum absolute atomic E-state index is 0.00287. The van der Waals surface area contributed by atoms with Crippen molar-refractivity contribution in [3.8, 4) is 5.75 Å². The van der Waals surface area contributed by atoms with Crippen LogP contribution in [0.3, 0.4) is 0 Å². The summed E-state index contributed by atoms with van der Waals surface area (Å²) in [4.78, 5) is 20.7. The first kappa shape index (κ1) is 20.7. The minimum atomic E-state index is -0.134. The highest BCUT2D eigenvalue weighted by Gasteiger charge is 2.30. The Bertz CT molecular complexity index is 1250. The molecule has 5 nitrogen and oxygen atoms in total. The number of hydrogen-bond acceptors (Lipinski definition) is 6. The van der Waals surface area contributed by atoms with Gasteiger partial charge in [0.05, 0.1) is 34.5 Å². The second kappa shape index (κ2) is 8.74. The molecule has 0 radical (unpaired) electrons. The van der Waals surface area contributed by atoms with E-state index in [1.807, 2.05) is 49.4 Å². The Morgan fingerprint density at radius 1 is 1.26 bits per heavy atom. The van der Waals surface area contributed by atoms with Crippen molar-refractivity contribution in [1.29, 1.82) is 0 Å². The van der Waals surface area contributed by atoms with Gasteiger partial charge in [0.1, 0.15) is 10.6 Å². The molecular formula is C23H21ClN2O3S2. The fraction of sp³-hybridized carbons (Fsp3) is 0.304. The Morgan fingerprint density at radius 2 is 2.13 bits per heavy atom. The SMILES string of the molecule is CCOc1ccc2nc(N(CC3CCCO3)C(=O)c3sc4ccccc4c3Cl)sc2c1. The second-order valence-corrected chi connectivity index (χ2v) is 9.79. The third-order valence-corrected chi connectivity index (χ3v) is 7.98. The van der Waals surface area contributed by atoms with Crippen LogP contribution < -0.4 is 9.64 Å². The van der Waals surface area contributed by atoms with Crippen molar-refractivity contribution in [3.05, 3.63) is 52.4 Å². The fourth-order valence-corrected chi connectivity index (χ4v) is 6.24. The predicted molar refractivity (Wildman–Crippen MR) is 128 cm³/mol. The van der Waals surface area contributed by atoms with Crippen molar-refractivity contribution >= 4 is 65.6 Å². The number of hydrogen-bond donors (Lipinski definition) is 0. The molecule has 5 rings (SSSR count). The number of anilines is 1. The van der Waals surface area contributed by atoms with Crippen molar-refractivity contribution < 1.29 is 14.3 Å². The molecule has 0 aliphatic carbocycles. The van der Waals surface area contributed by atoms with E-state index in [-0.39, 0.29) is 12.0 Å². The summed E-state index contributed by atoms with van der Waals surface area (Å²) in [6.45, 7) is 3.75. The lowest BCUT2D eigenvalue weighted by Crippen LogP contribution is -2.37. The first-order valence-corrected chi connectivity index (χ1v) is 12.3. The molecule has 160 valence electrons. The number of aromatic nitrogens is 1. The Morgan fingerprint density at radius 3 is 2.90 bits per heavy atom. The number of carbonyl (C=O) groups excluding carboxylic acids is 1. The lowest BCUT2D eigenvalue weighted by Gasteiger charge is -2.22. The van der Waals surface area contributed by atoms with Crippen LogP contribution in [0.1, 0.15) is 29.4 Å². The number of thiazole rings is 1. The van der Waals surface area contributed by atoms with Gasteiger partial charge in [-0.1, -0.05) is 41.1 Å². The number of halogens is 1. The fourth-order valence-electron chi connectivity index (χ4n) is 3.78. The van der Waals surface area contributed by atoms with Gasteiger partial charge in [-0.15, -0.1) is 11.3 Å². The molecule has 31 heavy (non-hydrogen) atoms. The Labute approximate surface area is 193 Å². The number of fused-ring (bicyclic) bond motifs is 2. The van der Waals surface area contributed by atoms with Gasteiger partial charge in [0.2, 0.25) is 0 Å². The molecule has 0 bridgehead atoms. The van der Waals surface area contributed by atoms with Crippen LogP contribution in [0.2, 0.25) is 5.02 Å². The molecule has 8 heteroatoms. The van der Waals surface area contributed by atoms with E-state index in [1.54, 1.807) is 4.90 Å². The summed E-state index contributed by atoms with van der Waals surface area (Å²) in [6.07, 6.45) is 1.94. The van der Waals surface area contributed by atoms with E-state index >= 15 is 0 Å². The highest BCUT2D eigenvalue weighted by Crippen LogP contribution is 2.38. The Hall–Kier alpha value is -2.19. The van der Waals surface area contributed by atoms with Gasteiger partial charge >= 0.3 is 0 Å². The number of nitrogens with zero attached hydrogens (tertiary/aromatic N) is 2. The van der Waals surface area contributed by atoms with Crippen molar-refractivity contribution in [2.24, 2.45) is 0 Å².